The molecule has 80 valence electrons. The van der Waals surface area contributed by atoms with Crippen molar-refractivity contribution < 1.29 is 9.90 Å². The van der Waals surface area contributed by atoms with Crippen molar-refractivity contribution in [2.24, 2.45) is 5.41 Å². The van der Waals surface area contributed by atoms with Crippen LogP contribution in [0.5, 0.6) is 0 Å². The molecular weight excluding hydrogens is 176 g/mol. The quantitative estimate of drug-likeness (QED) is 0.552. The minimum atomic E-state index is -0.814. The Morgan fingerprint density at radius 3 is 2.29 bits per heavy atom. The summed E-state index contributed by atoms with van der Waals surface area (Å²) >= 11 is 0. The fraction of sp³-hybridized carbons (Fsp3) is 0.583. The Kier molecular flexibility index (Phi) is 5.21. The minimum Gasteiger partial charge on any atom is -0.478 e. The lowest BCUT2D eigenvalue weighted by molar-refractivity contribution is -0.132. The molecule has 0 amide bonds. The first-order valence-electron chi connectivity index (χ1n) is 4.98. The fourth-order valence-electron chi connectivity index (χ4n) is 0.984. The van der Waals surface area contributed by atoms with Crippen molar-refractivity contribution in [3.63, 3.8) is 0 Å². The summed E-state index contributed by atoms with van der Waals surface area (Å²) in [6.07, 6.45) is 7.02. The highest BCUT2D eigenvalue weighted by molar-refractivity contribution is 5.86. The van der Waals surface area contributed by atoms with Crippen molar-refractivity contribution in [1.29, 1.82) is 0 Å². The van der Waals surface area contributed by atoms with Crippen molar-refractivity contribution >= 4 is 5.97 Å². The Morgan fingerprint density at radius 2 is 1.93 bits per heavy atom. The van der Waals surface area contributed by atoms with Gasteiger partial charge in [0.1, 0.15) is 0 Å². The van der Waals surface area contributed by atoms with E-state index in [4.69, 9.17) is 5.11 Å². The number of carboxylic acids is 1. The number of allylic oxidation sites excluding steroid dienone is 3. The van der Waals surface area contributed by atoms with Crippen LogP contribution < -0.4 is 0 Å². The van der Waals surface area contributed by atoms with Gasteiger partial charge in [-0.1, -0.05) is 52.3 Å². The average Bonchev–Trinajstić information content (AvgIpc) is 2.00. The SMILES string of the molecule is CCC/C(=C\C=C\C(C)(C)C)C(=O)O. The number of hydrogen-bond acceptors (Lipinski definition) is 1. The van der Waals surface area contributed by atoms with Crippen molar-refractivity contribution in [3.05, 3.63) is 23.8 Å². The van der Waals surface area contributed by atoms with Gasteiger partial charge < -0.3 is 5.11 Å². The maximum absolute atomic E-state index is 10.7. The van der Waals surface area contributed by atoms with Gasteiger partial charge in [-0.25, -0.2) is 4.79 Å². The van der Waals surface area contributed by atoms with Gasteiger partial charge in [-0.15, -0.1) is 0 Å². The zero-order chi connectivity index (χ0) is 11.2. The molecule has 0 saturated carbocycles. The molecule has 0 saturated heterocycles. The van der Waals surface area contributed by atoms with Crippen LogP contribution in [0.1, 0.15) is 40.5 Å². The molecule has 0 aliphatic carbocycles. The van der Waals surface area contributed by atoms with Gasteiger partial charge in [-0.05, 0) is 11.8 Å². The first kappa shape index (κ1) is 12.9. The second-order valence-electron chi connectivity index (χ2n) is 4.47. The van der Waals surface area contributed by atoms with Gasteiger partial charge in [0.05, 0.1) is 0 Å². The van der Waals surface area contributed by atoms with Crippen LogP contribution in [0.25, 0.3) is 0 Å². The molecule has 0 atom stereocenters. The van der Waals surface area contributed by atoms with Gasteiger partial charge in [0.2, 0.25) is 0 Å². The summed E-state index contributed by atoms with van der Waals surface area (Å²) < 4.78 is 0. The summed E-state index contributed by atoms with van der Waals surface area (Å²) in [5, 5.41) is 8.83. The molecular formula is C12H20O2. The van der Waals surface area contributed by atoms with E-state index >= 15 is 0 Å². The molecule has 1 N–H and O–H groups in total. The molecule has 0 fully saturated rings. The third-order valence-electron chi connectivity index (χ3n) is 1.69. The average molecular weight is 196 g/mol. The van der Waals surface area contributed by atoms with E-state index in [0.717, 1.165) is 6.42 Å². The summed E-state index contributed by atoms with van der Waals surface area (Å²) in [5.74, 6) is -0.814. The summed E-state index contributed by atoms with van der Waals surface area (Å²) in [6.45, 7) is 8.22. The Balaban J connectivity index is 4.45. The predicted octanol–water partition coefficient (Wildman–Crippen LogP) is 3.40. The first-order chi connectivity index (χ1) is 6.37. The molecule has 0 bridgehead atoms. The van der Waals surface area contributed by atoms with Crippen molar-refractivity contribution in [2.75, 3.05) is 0 Å². The van der Waals surface area contributed by atoms with Gasteiger partial charge in [-0.2, -0.15) is 0 Å². The van der Waals surface area contributed by atoms with Gasteiger partial charge in [0, 0.05) is 5.57 Å². The van der Waals surface area contributed by atoms with E-state index in [1.54, 1.807) is 6.08 Å². The molecule has 0 aromatic heterocycles. The zero-order valence-electron chi connectivity index (χ0n) is 9.50. The standard InChI is InChI=1S/C12H20O2/c1-5-7-10(11(13)14)8-6-9-12(2,3)4/h6,8-9H,5,7H2,1-4H3,(H,13,14)/b9-6+,10-8+. The summed E-state index contributed by atoms with van der Waals surface area (Å²) in [5.41, 5.74) is 0.583. The molecule has 0 radical (unpaired) electrons. The number of carbonyl (C=O) groups is 1. The lowest BCUT2D eigenvalue weighted by Gasteiger charge is -2.10. The zero-order valence-corrected chi connectivity index (χ0v) is 9.50. The molecule has 0 aromatic carbocycles. The fourth-order valence-corrected chi connectivity index (χ4v) is 0.984. The maximum atomic E-state index is 10.7. The summed E-state index contributed by atoms with van der Waals surface area (Å²) in [4.78, 5) is 10.7. The van der Waals surface area contributed by atoms with Crippen LogP contribution in [0.2, 0.25) is 0 Å². The lowest BCUT2D eigenvalue weighted by Crippen LogP contribution is -2.00. The Labute approximate surface area is 86.3 Å². The molecule has 0 heterocycles. The van der Waals surface area contributed by atoms with E-state index in [1.165, 1.54) is 0 Å². The van der Waals surface area contributed by atoms with E-state index < -0.39 is 5.97 Å². The maximum Gasteiger partial charge on any atom is 0.331 e. The van der Waals surface area contributed by atoms with E-state index in [9.17, 15) is 4.79 Å². The molecule has 2 heteroatoms. The van der Waals surface area contributed by atoms with Crippen LogP contribution in [0, 0.1) is 5.41 Å². The van der Waals surface area contributed by atoms with Crippen LogP contribution in [0.4, 0.5) is 0 Å². The molecule has 0 rings (SSSR count). The molecule has 0 spiro atoms. The normalized spacial score (nSPS) is 13.6. The second kappa shape index (κ2) is 5.63. The molecule has 14 heavy (non-hydrogen) atoms. The van der Waals surface area contributed by atoms with E-state index in [2.05, 4.69) is 20.8 Å². The topological polar surface area (TPSA) is 37.3 Å². The summed E-state index contributed by atoms with van der Waals surface area (Å²) in [7, 11) is 0. The lowest BCUT2D eigenvalue weighted by atomic mass is 9.96. The summed E-state index contributed by atoms with van der Waals surface area (Å²) in [6, 6.07) is 0. The van der Waals surface area contributed by atoms with Crippen molar-refractivity contribution in [1.82, 2.24) is 0 Å². The van der Waals surface area contributed by atoms with Gasteiger partial charge in [0.25, 0.3) is 0 Å². The van der Waals surface area contributed by atoms with Crippen LogP contribution in [-0.2, 0) is 4.79 Å². The van der Waals surface area contributed by atoms with Crippen molar-refractivity contribution in [3.8, 4) is 0 Å². The van der Waals surface area contributed by atoms with E-state index in [0.29, 0.717) is 12.0 Å². The monoisotopic (exact) mass is 196 g/mol. The number of carboxylic acid groups (broad SMARTS) is 1. The van der Waals surface area contributed by atoms with Crippen LogP contribution in [0.15, 0.2) is 23.8 Å². The van der Waals surface area contributed by atoms with E-state index in [-0.39, 0.29) is 5.41 Å². The number of aliphatic carboxylic acids is 1. The molecule has 2 nitrogen and oxygen atoms in total. The molecule has 0 aliphatic rings. The Hall–Kier alpha value is -1.05. The Bertz CT molecular complexity index is 242. The molecule has 0 aliphatic heterocycles. The largest absolute Gasteiger partial charge is 0.478 e. The highest BCUT2D eigenvalue weighted by atomic mass is 16.4. The van der Waals surface area contributed by atoms with E-state index in [1.807, 2.05) is 19.1 Å². The van der Waals surface area contributed by atoms with Crippen LogP contribution in [-0.4, -0.2) is 11.1 Å². The van der Waals surface area contributed by atoms with Gasteiger partial charge in [0.15, 0.2) is 0 Å². The smallest absolute Gasteiger partial charge is 0.331 e. The van der Waals surface area contributed by atoms with Crippen molar-refractivity contribution in [2.45, 2.75) is 40.5 Å². The highest BCUT2D eigenvalue weighted by Gasteiger charge is 2.05. The minimum absolute atomic E-state index is 0.103. The number of rotatable bonds is 4. The second-order valence-corrected chi connectivity index (χ2v) is 4.47. The molecule has 0 aromatic rings. The van der Waals surface area contributed by atoms with Crippen LogP contribution in [0.3, 0.4) is 0 Å². The van der Waals surface area contributed by atoms with Crippen LogP contribution >= 0.6 is 0 Å². The first-order valence-corrected chi connectivity index (χ1v) is 4.98. The highest BCUT2D eigenvalue weighted by Crippen LogP contribution is 2.15. The van der Waals surface area contributed by atoms with Gasteiger partial charge >= 0.3 is 5.97 Å². The predicted molar refractivity (Wildman–Crippen MR) is 59.2 cm³/mol. The Morgan fingerprint density at radius 1 is 1.36 bits per heavy atom. The van der Waals surface area contributed by atoms with Gasteiger partial charge in [-0.3, -0.25) is 0 Å². The third-order valence-corrected chi connectivity index (χ3v) is 1.69. The number of hydrogen-bond donors (Lipinski definition) is 1. The molecule has 0 unspecified atom stereocenters. The third kappa shape index (κ3) is 6.46.